The highest BCUT2D eigenvalue weighted by Crippen LogP contribution is 2.26. The van der Waals surface area contributed by atoms with Crippen LogP contribution in [0.3, 0.4) is 0 Å². The Balaban J connectivity index is 1.93. The normalized spacial score (nSPS) is 14.4. The minimum atomic E-state index is -0.623. The summed E-state index contributed by atoms with van der Waals surface area (Å²) in [7, 11) is 0. The summed E-state index contributed by atoms with van der Waals surface area (Å²) in [4.78, 5) is 26.0. The third-order valence-corrected chi connectivity index (χ3v) is 3.78. The SMILES string of the molecule is CCCCCNC(=O)C(=O)Nc1ccccc1N1CCOCC1. The number of carbonyl (C=O) groups is 2. The number of carbonyl (C=O) groups excluding carboxylic acids is 2. The number of amides is 2. The first kappa shape index (κ1) is 17.3. The number of hydrogen-bond donors (Lipinski definition) is 2. The molecule has 1 aliphatic heterocycles. The Bertz CT molecular complexity index is 528. The Kier molecular flexibility index (Phi) is 6.87. The van der Waals surface area contributed by atoms with E-state index in [1.807, 2.05) is 24.3 Å². The Morgan fingerprint density at radius 3 is 2.61 bits per heavy atom. The smallest absolute Gasteiger partial charge is 0.313 e. The summed E-state index contributed by atoms with van der Waals surface area (Å²) in [5, 5.41) is 5.37. The lowest BCUT2D eigenvalue weighted by Crippen LogP contribution is -2.38. The van der Waals surface area contributed by atoms with Crippen molar-refractivity contribution in [1.29, 1.82) is 0 Å². The molecule has 1 aliphatic rings. The minimum absolute atomic E-state index is 0.533. The van der Waals surface area contributed by atoms with Gasteiger partial charge in [-0.15, -0.1) is 0 Å². The first-order valence-electron chi connectivity index (χ1n) is 8.23. The maximum atomic E-state index is 12.0. The fraction of sp³-hybridized carbons (Fsp3) is 0.529. The lowest BCUT2D eigenvalue weighted by molar-refractivity contribution is -0.136. The molecule has 0 saturated carbocycles. The fourth-order valence-corrected chi connectivity index (χ4v) is 2.50. The molecule has 126 valence electrons. The quantitative estimate of drug-likeness (QED) is 0.619. The second-order valence-electron chi connectivity index (χ2n) is 5.53. The average molecular weight is 319 g/mol. The molecule has 1 aromatic carbocycles. The summed E-state index contributed by atoms with van der Waals surface area (Å²) in [6, 6.07) is 7.52. The van der Waals surface area contributed by atoms with E-state index in [1.165, 1.54) is 0 Å². The molecular weight excluding hydrogens is 294 g/mol. The molecule has 6 nitrogen and oxygen atoms in total. The highest BCUT2D eigenvalue weighted by Gasteiger charge is 2.18. The lowest BCUT2D eigenvalue weighted by atomic mass is 10.2. The van der Waals surface area contributed by atoms with Crippen LogP contribution in [0.4, 0.5) is 11.4 Å². The topological polar surface area (TPSA) is 70.7 Å². The zero-order chi connectivity index (χ0) is 16.5. The third-order valence-electron chi connectivity index (χ3n) is 3.78. The molecule has 1 fully saturated rings. The minimum Gasteiger partial charge on any atom is -0.378 e. The lowest BCUT2D eigenvalue weighted by Gasteiger charge is -2.30. The molecular formula is C17H25N3O3. The fourth-order valence-electron chi connectivity index (χ4n) is 2.50. The van der Waals surface area contributed by atoms with E-state index >= 15 is 0 Å². The van der Waals surface area contributed by atoms with Gasteiger partial charge in [-0.3, -0.25) is 9.59 Å². The van der Waals surface area contributed by atoms with E-state index in [0.29, 0.717) is 25.4 Å². The van der Waals surface area contributed by atoms with Gasteiger partial charge < -0.3 is 20.3 Å². The number of rotatable bonds is 6. The molecule has 0 bridgehead atoms. The van der Waals surface area contributed by atoms with Crippen molar-refractivity contribution in [3.63, 3.8) is 0 Å². The molecule has 1 aromatic rings. The molecule has 0 aromatic heterocycles. The predicted octanol–water partition coefficient (Wildman–Crippen LogP) is 1.77. The molecule has 1 saturated heterocycles. The van der Waals surface area contributed by atoms with Crippen LogP contribution in [-0.2, 0) is 14.3 Å². The summed E-state index contributed by atoms with van der Waals surface area (Å²) in [5.74, 6) is -1.21. The van der Waals surface area contributed by atoms with Crippen LogP contribution in [0.15, 0.2) is 24.3 Å². The first-order valence-corrected chi connectivity index (χ1v) is 8.23. The number of para-hydroxylation sites is 2. The molecule has 2 rings (SSSR count). The van der Waals surface area contributed by atoms with Gasteiger partial charge in [0.1, 0.15) is 0 Å². The van der Waals surface area contributed by atoms with Crippen LogP contribution in [0.25, 0.3) is 0 Å². The van der Waals surface area contributed by atoms with Gasteiger partial charge in [0, 0.05) is 19.6 Å². The molecule has 0 spiro atoms. The van der Waals surface area contributed by atoms with Crippen molar-refractivity contribution in [3.8, 4) is 0 Å². The highest BCUT2D eigenvalue weighted by molar-refractivity contribution is 6.39. The zero-order valence-electron chi connectivity index (χ0n) is 13.6. The maximum Gasteiger partial charge on any atom is 0.313 e. The Morgan fingerprint density at radius 2 is 1.87 bits per heavy atom. The standard InChI is InChI=1S/C17H25N3O3/c1-2-3-6-9-18-16(21)17(22)19-14-7-4-5-8-15(14)20-10-12-23-13-11-20/h4-5,7-8H,2-3,6,9-13H2,1H3,(H,18,21)(H,19,22). The van der Waals surface area contributed by atoms with Gasteiger partial charge in [0.15, 0.2) is 0 Å². The number of nitrogens with zero attached hydrogens (tertiary/aromatic N) is 1. The van der Waals surface area contributed by atoms with E-state index in [2.05, 4.69) is 22.5 Å². The predicted molar refractivity (Wildman–Crippen MR) is 90.6 cm³/mol. The number of ether oxygens (including phenoxy) is 1. The molecule has 0 aliphatic carbocycles. The molecule has 0 radical (unpaired) electrons. The molecule has 2 amide bonds. The molecule has 0 atom stereocenters. The van der Waals surface area contributed by atoms with Crippen molar-refractivity contribution >= 4 is 23.2 Å². The number of nitrogens with one attached hydrogen (secondary N) is 2. The van der Waals surface area contributed by atoms with Gasteiger partial charge >= 0.3 is 11.8 Å². The Morgan fingerprint density at radius 1 is 1.13 bits per heavy atom. The van der Waals surface area contributed by atoms with Crippen LogP contribution in [-0.4, -0.2) is 44.7 Å². The summed E-state index contributed by atoms with van der Waals surface area (Å²) in [6.45, 7) is 5.51. The van der Waals surface area contributed by atoms with Crippen molar-refractivity contribution in [2.75, 3.05) is 43.1 Å². The van der Waals surface area contributed by atoms with E-state index < -0.39 is 11.8 Å². The molecule has 1 heterocycles. The van der Waals surface area contributed by atoms with Crippen molar-refractivity contribution in [2.24, 2.45) is 0 Å². The zero-order valence-corrected chi connectivity index (χ0v) is 13.6. The number of anilines is 2. The average Bonchev–Trinajstić information content (AvgIpc) is 2.59. The van der Waals surface area contributed by atoms with Gasteiger partial charge in [-0.05, 0) is 18.6 Å². The Hall–Kier alpha value is -2.08. The molecule has 0 unspecified atom stereocenters. The summed E-state index contributed by atoms with van der Waals surface area (Å²) < 4.78 is 5.35. The van der Waals surface area contributed by atoms with Gasteiger partial charge in [0.2, 0.25) is 0 Å². The summed E-state index contributed by atoms with van der Waals surface area (Å²) in [6.07, 6.45) is 3.01. The first-order chi connectivity index (χ1) is 11.2. The molecule has 2 N–H and O–H groups in total. The number of unbranched alkanes of at least 4 members (excludes halogenated alkanes) is 2. The second kappa shape index (κ2) is 9.15. The van der Waals surface area contributed by atoms with Gasteiger partial charge in [-0.1, -0.05) is 31.9 Å². The highest BCUT2D eigenvalue weighted by atomic mass is 16.5. The van der Waals surface area contributed by atoms with Crippen LogP contribution in [0.5, 0.6) is 0 Å². The maximum absolute atomic E-state index is 12.0. The van der Waals surface area contributed by atoms with Crippen molar-refractivity contribution in [3.05, 3.63) is 24.3 Å². The van der Waals surface area contributed by atoms with Crippen molar-refractivity contribution in [1.82, 2.24) is 5.32 Å². The number of morpholine rings is 1. The van der Waals surface area contributed by atoms with Gasteiger partial charge in [-0.25, -0.2) is 0 Å². The van der Waals surface area contributed by atoms with Crippen LogP contribution in [0.1, 0.15) is 26.2 Å². The number of hydrogen-bond acceptors (Lipinski definition) is 4. The van der Waals surface area contributed by atoms with E-state index in [1.54, 1.807) is 0 Å². The van der Waals surface area contributed by atoms with Gasteiger partial charge in [0.05, 0.1) is 24.6 Å². The van der Waals surface area contributed by atoms with E-state index in [9.17, 15) is 9.59 Å². The molecule has 23 heavy (non-hydrogen) atoms. The summed E-state index contributed by atoms with van der Waals surface area (Å²) in [5.41, 5.74) is 1.58. The van der Waals surface area contributed by atoms with Gasteiger partial charge in [0.25, 0.3) is 0 Å². The monoisotopic (exact) mass is 319 g/mol. The van der Waals surface area contributed by atoms with E-state index in [-0.39, 0.29) is 0 Å². The van der Waals surface area contributed by atoms with E-state index in [4.69, 9.17) is 4.74 Å². The summed E-state index contributed by atoms with van der Waals surface area (Å²) >= 11 is 0. The van der Waals surface area contributed by atoms with Crippen LogP contribution >= 0.6 is 0 Å². The largest absolute Gasteiger partial charge is 0.378 e. The van der Waals surface area contributed by atoms with Crippen molar-refractivity contribution < 1.29 is 14.3 Å². The Labute approximate surface area is 137 Å². The molecule has 6 heteroatoms. The van der Waals surface area contributed by atoms with Gasteiger partial charge in [-0.2, -0.15) is 0 Å². The third kappa shape index (κ3) is 5.25. The second-order valence-corrected chi connectivity index (χ2v) is 5.53. The van der Waals surface area contributed by atoms with E-state index in [0.717, 1.165) is 38.0 Å². The van der Waals surface area contributed by atoms with Crippen LogP contribution in [0, 0.1) is 0 Å². The van der Waals surface area contributed by atoms with Crippen molar-refractivity contribution in [2.45, 2.75) is 26.2 Å². The van der Waals surface area contributed by atoms with Crippen LogP contribution in [0.2, 0.25) is 0 Å². The number of benzene rings is 1. The van der Waals surface area contributed by atoms with Crippen LogP contribution < -0.4 is 15.5 Å².